The van der Waals surface area contributed by atoms with E-state index in [1.54, 1.807) is 35.7 Å². The van der Waals surface area contributed by atoms with Gasteiger partial charge in [0, 0.05) is 11.8 Å². The molecule has 0 aliphatic heterocycles. The van der Waals surface area contributed by atoms with Crippen LogP contribution in [0.3, 0.4) is 0 Å². The van der Waals surface area contributed by atoms with Crippen LogP contribution >= 0.6 is 11.6 Å². The van der Waals surface area contributed by atoms with Crippen LogP contribution in [0.15, 0.2) is 59.8 Å². The van der Waals surface area contributed by atoms with Crippen molar-refractivity contribution in [3.05, 3.63) is 76.7 Å². The van der Waals surface area contributed by atoms with Crippen molar-refractivity contribution in [2.45, 2.75) is 6.92 Å². The molecule has 0 aliphatic carbocycles. The Morgan fingerprint density at radius 1 is 1.22 bits per heavy atom. The zero-order chi connectivity index (χ0) is 19.0. The Labute approximate surface area is 159 Å². The Morgan fingerprint density at radius 3 is 2.89 bits per heavy atom. The number of rotatable bonds is 3. The summed E-state index contributed by atoms with van der Waals surface area (Å²) >= 11 is 6.02. The summed E-state index contributed by atoms with van der Waals surface area (Å²) in [6.45, 7) is 1.75. The lowest BCUT2D eigenvalue weighted by atomic mass is 10.0. The minimum atomic E-state index is -0.418. The highest BCUT2D eigenvalue weighted by Gasteiger charge is 2.16. The highest BCUT2D eigenvalue weighted by Crippen LogP contribution is 2.25. The third-order valence-electron chi connectivity index (χ3n) is 4.28. The van der Waals surface area contributed by atoms with E-state index in [-0.39, 0.29) is 5.75 Å². The molecule has 2 aromatic heterocycles. The first-order valence-corrected chi connectivity index (χ1v) is 8.61. The molecule has 2 heterocycles. The number of halogens is 1. The molecule has 4 aromatic rings. The average molecular weight is 379 g/mol. The minimum absolute atomic E-state index is 0.0875. The van der Waals surface area contributed by atoms with Crippen molar-refractivity contribution in [2.24, 2.45) is 5.10 Å². The Hall–Kier alpha value is -3.38. The summed E-state index contributed by atoms with van der Waals surface area (Å²) in [7, 11) is 0. The van der Waals surface area contributed by atoms with Crippen molar-refractivity contribution in [1.29, 1.82) is 0 Å². The van der Waals surface area contributed by atoms with E-state index in [1.165, 1.54) is 6.21 Å². The molecule has 4 rings (SSSR count). The van der Waals surface area contributed by atoms with E-state index in [0.717, 1.165) is 10.8 Å². The molecule has 0 fully saturated rings. The molecule has 1 amide bonds. The second-order valence-electron chi connectivity index (χ2n) is 6.04. The number of hydrazone groups is 1. The van der Waals surface area contributed by atoms with Crippen molar-refractivity contribution in [1.82, 2.24) is 14.8 Å². The predicted octanol–water partition coefficient (Wildman–Crippen LogP) is 3.92. The molecule has 7 heteroatoms. The first-order valence-electron chi connectivity index (χ1n) is 8.23. The van der Waals surface area contributed by atoms with Gasteiger partial charge in [0.25, 0.3) is 5.91 Å². The van der Waals surface area contributed by atoms with Crippen molar-refractivity contribution < 1.29 is 9.90 Å². The van der Waals surface area contributed by atoms with E-state index < -0.39 is 5.91 Å². The van der Waals surface area contributed by atoms with Crippen LogP contribution in [0.2, 0.25) is 5.02 Å². The maximum Gasteiger partial charge on any atom is 0.290 e. The highest BCUT2D eigenvalue weighted by molar-refractivity contribution is 6.30. The standard InChI is InChI=1S/C20H15ClN4O2/c1-12-19(25-11-14(21)7-9-18(25)23-12)20(27)24-22-10-16-15-5-3-2-4-13(15)6-8-17(16)26/h2-11,26H,1H3,(H,24,27)/b22-10+. The molecule has 0 radical (unpaired) electrons. The van der Waals surface area contributed by atoms with Gasteiger partial charge in [0.05, 0.1) is 16.9 Å². The molecule has 27 heavy (non-hydrogen) atoms. The Kier molecular flexibility index (Phi) is 4.25. The third-order valence-corrected chi connectivity index (χ3v) is 4.50. The molecule has 2 aromatic carbocycles. The minimum Gasteiger partial charge on any atom is -0.507 e. The van der Waals surface area contributed by atoms with Crippen LogP contribution in [-0.2, 0) is 0 Å². The summed E-state index contributed by atoms with van der Waals surface area (Å²) in [5, 5.41) is 16.5. The lowest BCUT2D eigenvalue weighted by molar-refractivity contribution is 0.0948. The van der Waals surface area contributed by atoms with Crippen LogP contribution in [0.5, 0.6) is 5.75 Å². The smallest absolute Gasteiger partial charge is 0.290 e. The van der Waals surface area contributed by atoms with Crippen molar-refractivity contribution in [3.8, 4) is 5.75 Å². The van der Waals surface area contributed by atoms with E-state index >= 15 is 0 Å². The Bertz CT molecular complexity index is 1210. The number of carbonyl (C=O) groups is 1. The number of phenolic OH excluding ortho intramolecular Hbond substituents is 1. The number of phenols is 1. The number of imidazole rings is 1. The Balaban J connectivity index is 1.65. The fourth-order valence-corrected chi connectivity index (χ4v) is 3.20. The maximum atomic E-state index is 12.6. The van der Waals surface area contributed by atoms with Gasteiger partial charge in [-0.3, -0.25) is 9.20 Å². The largest absolute Gasteiger partial charge is 0.507 e. The van der Waals surface area contributed by atoms with Crippen LogP contribution in [0.25, 0.3) is 16.4 Å². The fourth-order valence-electron chi connectivity index (χ4n) is 3.04. The van der Waals surface area contributed by atoms with Crippen molar-refractivity contribution in [3.63, 3.8) is 0 Å². The number of aryl methyl sites for hydroxylation is 1. The number of hydrogen-bond donors (Lipinski definition) is 2. The maximum absolute atomic E-state index is 12.6. The summed E-state index contributed by atoms with van der Waals surface area (Å²) in [6, 6.07) is 14.5. The first kappa shape index (κ1) is 17.1. The predicted molar refractivity (Wildman–Crippen MR) is 106 cm³/mol. The van der Waals surface area contributed by atoms with Gasteiger partial charge in [0.1, 0.15) is 17.1 Å². The number of carbonyl (C=O) groups excluding carboxylic acids is 1. The second kappa shape index (κ2) is 6.74. The molecule has 0 saturated heterocycles. The van der Waals surface area contributed by atoms with Gasteiger partial charge in [0.2, 0.25) is 0 Å². The number of nitrogens with zero attached hydrogens (tertiary/aromatic N) is 3. The van der Waals surface area contributed by atoms with E-state index in [0.29, 0.717) is 27.6 Å². The summed E-state index contributed by atoms with van der Waals surface area (Å²) in [4.78, 5) is 16.9. The van der Waals surface area contributed by atoms with Crippen LogP contribution in [-0.4, -0.2) is 26.6 Å². The summed E-state index contributed by atoms with van der Waals surface area (Å²) in [5.41, 5.74) is 4.57. The highest BCUT2D eigenvalue weighted by atomic mass is 35.5. The SMILES string of the molecule is Cc1nc2ccc(Cl)cn2c1C(=O)N/N=C/c1c(O)ccc2ccccc12. The van der Waals surface area contributed by atoms with Gasteiger partial charge >= 0.3 is 0 Å². The average Bonchev–Trinajstić information content (AvgIpc) is 2.98. The van der Waals surface area contributed by atoms with E-state index in [9.17, 15) is 9.90 Å². The molecule has 0 aliphatic rings. The molecule has 0 unspecified atom stereocenters. The topological polar surface area (TPSA) is 79.0 Å². The van der Waals surface area contributed by atoms with Gasteiger partial charge in [0.15, 0.2) is 0 Å². The number of fused-ring (bicyclic) bond motifs is 2. The van der Waals surface area contributed by atoms with Gasteiger partial charge in [-0.2, -0.15) is 5.10 Å². The molecule has 6 nitrogen and oxygen atoms in total. The third kappa shape index (κ3) is 3.11. The lowest BCUT2D eigenvalue weighted by Crippen LogP contribution is -2.20. The van der Waals surface area contributed by atoms with Gasteiger partial charge in [-0.1, -0.05) is 41.9 Å². The van der Waals surface area contributed by atoms with Crippen LogP contribution in [0.4, 0.5) is 0 Å². The van der Waals surface area contributed by atoms with Crippen molar-refractivity contribution >= 4 is 40.1 Å². The normalized spacial score (nSPS) is 11.5. The fraction of sp³-hybridized carbons (Fsp3) is 0.0500. The molecular formula is C20H15ClN4O2. The van der Waals surface area contributed by atoms with Crippen LogP contribution in [0, 0.1) is 6.92 Å². The van der Waals surface area contributed by atoms with E-state index in [2.05, 4.69) is 15.5 Å². The number of aromatic nitrogens is 2. The van der Waals surface area contributed by atoms with Crippen LogP contribution in [0.1, 0.15) is 21.7 Å². The number of nitrogens with one attached hydrogen (secondary N) is 1. The quantitative estimate of drug-likeness (QED) is 0.419. The van der Waals surface area contributed by atoms with Crippen LogP contribution < -0.4 is 5.43 Å². The van der Waals surface area contributed by atoms with E-state index in [1.807, 2.05) is 30.3 Å². The lowest BCUT2D eigenvalue weighted by Gasteiger charge is -2.05. The Morgan fingerprint density at radius 2 is 2.04 bits per heavy atom. The number of hydrogen-bond acceptors (Lipinski definition) is 4. The summed E-state index contributed by atoms with van der Waals surface area (Å²) < 4.78 is 1.62. The number of benzene rings is 2. The molecule has 0 saturated carbocycles. The molecule has 134 valence electrons. The summed E-state index contributed by atoms with van der Waals surface area (Å²) in [5.74, 6) is -0.331. The molecule has 0 atom stereocenters. The monoisotopic (exact) mass is 378 g/mol. The first-order chi connectivity index (χ1) is 13.0. The molecule has 0 bridgehead atoms. The number of pyridine rings is 1. The van der Waals surface area contributed by atoms with E-state index in [4.69, 9.17) is 11.6 Å². The second-order valence-corrected chi connectivity index (χ2v) is 6.48. The molecular weight excluding hydrogens is 364 g/mol. The molecule has 2 N–H and O–H groups in total. The van der Waals surface area contributed by atoms with Crippen molar-refractivity contribution in [2.75, 3.05) is 0 Å². The summed E-state index contributed by atoms with van der Waals surface area (Å²) in [6.07, 6.45) is 3.06. The van der Waals surface area contributed by atoms with Gasteiger partial charge in [-0.05, 0) is 35.9 Å². The molecule has 0 spiro atoms. The zero-order valence-electron chi connectivity index (χ0n) is 14.3. The van der Waals surface area contributed by atoms with Gasteiger partial charge in [-0.15, -0.1) is 0 Å². The van der Waals surface area contributed by atoms with Gasteiger partial charge in [-0.25, -0.2) is 10.4 Å². The zero-order valence-corrected chi connectivity index (χ0v) is 15.1. The number of aromatic hydroxyl groups is 1. The van der Waals surface area contributed by atoms with Gasteiger partial charge < -0.3 is 5.11 Å². The number of amides is 1.